The zero-order chi connectivity index (χ0) is 13.3. The lowest BCUT2D eigenvalue weighted by Gasteiger charge is -2.10. The Hall–Kier alpha value is -1.68. The van der Waals surface area contributed by atoms with Gasteiger partial charge >= 0.3 is 6.18 Å². The maximum absolute atomic E-state index is 12.5. The van der Waals surface area contributed by atoms with Crippen LogP contribution in [0.2, 0.25) is 5.02 Å². The van der Waals surface area contributed by atoms with Gasteiger partial charge in [-0.25, -0.2) is 0 Å². The second-order valence-corrected chi connectivity index (χ2v) is 4.23. The van der Waals surface area contributed by atoms with Crippen molar-refractivity contribution < 1.29 is 13.2 Å². The third-order valence-corrected chi connectivity index (χ3v) is 2.81. The van der Waals surface area contributed by atoms with Crippen LogP contribution in [-0.2, 0) is 6.18 Å². The van der Waals surface area contributed by atoms with E-state index in [1.807, 2.05) is 0 Å². The van der Waals surface area contributed by atoms with Crippen LogP contribution in [0, 0.1) is 0 Å². The molecule has 0 aromatic heterocycles. The van der Waals surface area contributed by atoms with Gasteiger partial charge in [0, 0.05) is 16.3 Å². The van der Waals surface area contributed by atoms with Crippen LogP contribution in [0.5, 0.6) is 0 Å². The van der Waals surface area contributed by atoms with Crippen LogP contribution in [0.4, 0.5) is 18.9 Å². The van der Waals surface area contributed by atoms with Gasteiger partial charge in [0.1, 0.15) is 0 Å². The summed E-state index contributed by atoms with van der Waals surface area (Å²) in [5, 5.41) is 0.0513. The van der Waals surface area contributed by atoms with Gasteiger partial charge in [0.25, 0.3) is 0 Å². The number of hydrogen-bond acceptors (Lipinski definition) is 1. The highest BCUT2D eigenvalue weighted by Gasteiger charge is 2.30. The van der Waals surface area contributed by atoms with Crippen molar-refractivity contribution in [3.63, 3.8) is 0 Å². The third-order valence-electron chi connectivity index (χ3n) is 2.49. The molecule has 2 aromatic carbocycles. The fraction of sp³-hybridized carbons (Fsp3) is 0.0769. The van der Waals surface area contributed by atoms with E-state index in [4.69, 9.17) is 17.3 Å². The summed E-state index contributed by atoms with van der Waals surface area (Å²) < 4.78 is 37.5. The maximum atomic E-state index is 12.5. The molecule has 2 N–H and O–H groups in total. The number of alkyl halides is 3. The Labute approximate surface area is 107 Å². The van der Waals surface area contributed by atoms with Crippen molar-refractivity contribution in [3.8, 4) is 11.1 Å². The van der Waals surface area contributed by atoms with E-state index in [2.05, 4.69) is 0 Å². The van der Waals surface area contributed by atoms with Crippen LogP contribution in [0.1, 0.15) is 5.56 Å². The lowest BCUT2D eigenvalue weighted by Crippen LogP contribution is -2.04. The summed E-state index contributed by atoms with van der Waals surface area (Å²) in [7, 11) is 0. The summed E-state index contributed by atoms with van der Waals surface area (Å²) in [5.41, 5.74) is 6.60. The van der Waals surface area contributed by atoms with Crippen molar-refractivity contribution in [2.24, 2.45) is 0 Å². The number of benzene rings is 2. The number of anilines is 1. The Bertz CT molecular complexity index is 579. The molecule has 0 aliphatic heterocycles. The van der Waals surface area contributed by atoms with Crippen LogP contribution in [0.25, 0.3) is 11.1 Å². The van der Waals surface area contributed by atoms with Gasteiger partial charge in [-0.05, 0) is 29.8 Å². The van der Waals surface area contributed by atoms with Gasteiger partial charge < -0.3 is 5.73 Å². The number of halogens is 4. The Morgan fingerprint density at radius 3 is 2.28 bits per heavy atom. The van der Waals surface area contributed by atoms with Crippen LogP contribution < -0.4 is 5.73 Å². The molecule has 2 aromatic rings. The second kappa shape index (κ2) is 4.53. The van der Waals surface area contributed by atoms with Gasteiger partial charge in [-0.2, -0.15) is 13.2 Å². The normalized spacial score (nSPS) is 11.6. The van der Waals surface area contributed by atoms with Crippen LogP contribution in [-0.4, -0.2) is 0 Å². The van der Waals surface area contributed by atoms with Crippen LogP contribution in [0.3, 0.4) is 0 Å². The number of rotatable bonds is 1. The first-order valence-electron chi connectivity index (χ1n) is 5.10. The smallest absolute Gasteiger partial charge is 0.399 e. The second-order valence-electron chi connectivity index (χ2n) is 3.82. The largest absolute Gasteiger partial charge is 0.416 e. The summed E-state index contributed by atoms with van der Waals surface area (Å²) in [5.74, 6) is 0. The Morgan fingerprint density at radius 1 is 1.00 bits per heavy atom. The summed E-state index contributed by atoms with van der Waals surface area (Å²) in [6.07, 6.45) is -4.39. The first kappa shape index (κ1) is 12.8. The van der Waals surface area contributed by atoms with Crippen LogP contribution in [0.15, 0.2) is 42.5 Å². The molecule has 1 nitrogen and oxygen atoms in total. The molecular formula is C13H9ClF3N. The van der Waals surface area contributed by atoms with Crippen molar-refractivity contribution >= 4 is 17.3 Å². The fourth-order valence-corrected chi connectivity index (χ4v) is 1.92. The molecule has 0 heterocycles. The molecule has 0 amide bonds. The van der Waals surface area contributed by atoms with E-state index in [-0.39, 0.29) is 5.02 Å². The minimum absolute atomic E-state index is 0.0513. The first-order chi connectivity index (χ1) is 8.38. The van der Waals surface area contributed by atoms with Gasteiger partial charge in [0.2, 0.25) is 0 Å². The van der Waals surface area contributed by atoms with E-state index in [0.717, 1.165) is 12.1 Å². The highest BCUT2D eigenvalue weighted by Crippen LogP contribution is 2.35. The standard InChI is InChI=1S/C13H9ClF3N/c14-12-7-9(13(15,16)17)4-5-11(12)8-2-1-3-10(18)6-8/h1-7H,18H2. The van der Waals surface area contributed by atoms with E-state index in [1.54, 1.807) is 24.3 Å². The minimum atomic E-state index is -4.39. The molecule has 0 saturated carbocycles. The molecule has 0 aliphatic carbocycles. The van der Waals surface area contributed by atoms with Gasteiger partial charge in [-0.1, -0.05) is 29.8 Å². The average Bonchev–Trinajstić information content (AvgIpc) is 2.27. The molecule has 18 heavy (non-hydrogen) atoms. The molecule has 0 aliphatic rings. The van der Waals surface area contributed by atoms with Crippen LogP contribution >= 0.6 is 11.6 Å². The van der Waals surface area contributed by atoms with Crippen molar-refractivity contribution in [2.45, 2.75) is 6.18 Å². The van der Waals surface area contributed by atoms with E-state index in [9.17, 15) is 13.2 Å². The molecule has 5 heteroatoms. The van der Waals surface area contributed by atoms with E-state index in [1.165, 1.54) is 6.07 Å². The lowest BCUT2D eigenvalue weighted by molar-refractivity contribution is -0.137. The maximum Gasteiger partial charge on any atom is 0.416 e. The lowest BCUT2D eigenvalue weighted by atomic mass is 10.0. The summed E-state index contributed by atoms with van der Waals surface area (Å²) in [6, 6.07) is 10.1. The first-order valence-corrected chi connectivity index (χ1v) is 5.48. The summed E-state index contributed by atoms with van der Waals surface area (Å²) in [6.45, 7) is 0. The molecule has 0 fully saturated rings. The molecule has 0 unspecified atom stereocenters. The predicted molar refractivity (Wildman–Crippen MR) is 66.3 cm³/mol. The molecular weight excluding hydrogens is 263 g/mol. The third kappa shape index (κ3) is 2.59. The Morgan fingerprint density at radius 2 is 1.72 bits per heavy atom. The molecule has 0 saturated heterocycles. The number of hydrogen-bond donors (Lipinski definition) is 1. The summed E-state index contributed by atoms with van der Waals surface area (Å²) in [4.78, 5) is 0. The zero-order valence-corrected chi connectivity index (χ0v) is 9.89. The van der Waals surface area contributed by atoms with Gasteiger partial charge in [-0.3, -0.25) is 0 Å². The zero-order valence-electron chi connectivity index (χ0n) is 9.13. The Kier molecular flexibility index (Phi) is 3.22. The van der Waals surface area contributed by atoms with Crippen molar-refractivity contribution in [2.75, 3.05) is 5.73 Å². The average molecular weight is 272 g/mol. The number of nitrogen functional groups attached to an aromatic ring is 1. The number of nitrogens with two attached hydrogens (primary N) is 1. The molecule has 0 bridgehead atoms. The Balaban J connectivity index is 2.48. The van der Waals surface area contributed by atoms with E-state index >= 15 is 0 Å². The SMILES string of the molecule is Nc1cccc(-c2ccc(C(F)(F)F)cc2Cl)c1. The highest BCUT2D eigenvalue weighted by atomic mass is 35.5. The summed E-state index contributed by atoms with van der Waals surface area (Å²) >= 11 is 5.88. The van der Waals surface area contributed by atoms with Crippen molar-refractivity contribution in [3.05, 3.63) is 53.1 Å². The fourth-order valence-electron chi connectivity index (χ4n) is 1.63. The minimum Gasteiger partial charge on any atom is -0.399 e. The van der Waals surface area contributed by atoms with Gasteiger partial charge in [0.15, 0.2) is 0 Å². The molecule has 94 valence electrons. The molecule has 2 rings (SSSR count). The highest BCUT2D eigenvalue weighted by molar-refractivity contribution is 6.33. The monoisotopic (exact) mass is 271 g/mol. The molecule has 0 atom stereocenters. The van der Waals surface area contributed by atoms with E-state index < -0.39 is 11.7 Å². The topological polar surface area (TPSA) is 26.0 Å². The quantitative estimate of drug-likeness (QED) is 0.753. The van der Waals surface area contributed by atoms with Crippen molar-refractivity contribution in [1.29, 1.82) is 0 Å². The van der Waals surface area contributed by atoms with E-state index in [0.29, 0.717) is 16.8 Å². The van der Waals surface area contributed by atoms with Gasteiger partial charge in [0.05, 0.1) is 5.56 Å². The predicted octanol–water partition coefficient (Wildman–Crippen LogP) is 4.61. The van der Waals surface area contributed by atoms with Crippen molar-refractivity contribution in [1.82, 2.24) is 0 Å². The molecule has 0 radical (unpaired) electrons. The van der Waals surface area contributed by atoms with Gasteiger partial charge in [-0.15, -0.1) is 0 Å². The molecule has 0 spiro atoms.